The first-order chi connectivity index (χ1) is 30.2. The highest BCUT2D eigenvalue weighted by atomic mass is 32.1. The Kier molecular flexibility index (Phi) is 8.36. The van der Waals surface area contributed by atoms with Crippen molar-refractivity contribution in [3.05, 3.63) is 212 Å². The third-order valence-corrected chi connectivity index (χ3v) is 13.1. The second-order valence-corrected chi connectivity index (χ2v) is 16.6. The van der Waals surface area contributed by atoms with Crippen molar-refractivity contribution in [1.29, 1.82) is 0 Å². The van der Waals surface area contributed by atoms with Crippen molar-refractivity contribution in [3.63, 3.8) is 0 Å². The quantitative estimate of drug-likeness (QED) is 0.124. The summed E-state index contributed by atoms with van der Waals surface area (Å²) in [6, 6.07) is 75.8. The molecule has 0 saturated carbocycles. The molecule has 0 radical (unpaired) electrons. The molecule has 0 aliphatic carbocycles. The van der Waals surface area contributed by atoms with E-state index in [2.05, 4.69) is 206 Å². The summed E-state index contributed by atoms with van der Waals surface area (Å²) in [7, 11) is 0. The van der Waals surface area contributed by atoms with Gasteiger partial charge in [-0.05, 0) is 83.9 Å². The Morgan fingerprint density at radius 3 is 1.59 bits per heavy atom. The maximum absolute atomic E-state index is 5.22. The lowest BCUT2D eigenvalue weighted by Gasteiger charge is -2.15. The zero-order valence-corrected chi connectivity index (χ0v) is 33.8. The van der Waals surface area contributed by atoms with Crippen LogP contribution in [0.1, 0.15) is 0 Å². The minimum absolute atomic E-state index is 0.627. The van der Waals surface area contributed by atoms with E-state index in [1.54, 1.807) is 0 Å². The van der Waals surface area contributed by atoms with Crippen molar-refractivity contribution in [3.8, 4) is 67.5 Å². The number of hydrogen-bond acceptors (Lipinski definition) is 4. The first kappa shape index (κ1) is 35.2. The maximum Gasteiger partial charge on any atom is 0.164 e. The first-order valence-electron chi connectivity index (χ1n) is 20.6. The number of rotatable bonds is 6. The molecule has 12 rings (SSSR count). The largest absolute Gasteiger partial charge is 0.208 e. The molecule has 61 heavy (non-hydrogen) atoms. The van der Waals surface area contributed by atoms with Crippen molar-refractivity contribution in [2.24, 2.45) is 0 Å². The van der Waals surface area contributed by atoms with Gasteiger partial charge in [0, 0.05) is 36.9 Å². The van der Waals surface area contributed by atoms with Crippen molar-refractivity contribution < 1.29 is 0 Å². The molecule has 0 spiro atoms. The lowest BCUT2D eigenvalue weighted by atomic mass is 9.89. The summed E-state index contributed by atoms with van der Waals surface area (Å²) in [4.78, 5) is 15.6. The van der Waals surface area contributed by atoms with E-state index in [1.165, 1.54) is 63.6 Å². The molecular formula is C57H35N3S. The fraction of sp³-hybridized carbons (Fsp3) is 0. The van der Waals surface area contributed by atoms with Gasteiger partial charge in [-0.15, -0.1) is 11.3 Å². The van der Waals surface area contributed by atoms with Gasteiger partial charge in [0.1, 0.15) is 0 Å². The van der Waals surface area contributed by atoms with Crippen LogP contribution in [0.15, 0.2) is 212 Å². The van der Waals surface area contributed by atoms with Crippen LogP contribution in [0, 0.1) is 0 Å². The molecule has 0 bridgehead atoms. The highest BCUT2D eigenvalue weighted by Gasteiger charge is 2.18. The number of benzene rings is 10. The lowest BCUT2D eigenvalue weighted by Crippen LogP contribution is -2.01. The molecule has 0 atom stereocenters. The van der Waals surface area contributed by atoms with Gasteiger partial charge in [0.2, 0.25) is 0 Å². The summed E-state index contributed by atoms with van der Waals surface area (Å²) < 4.78 is 2.59. The number of nitrogens with zero attached hydrogens (tertiary/aromatic N) is 3. The van der Waals surface area contributed by atoms with Crippen LogP contribution in [-0.2, 0) is 0 Å². The van der Waals surface area contributed by atoms with Crippen LogP contribution in [0.2, 0.25) is 0 Å². The van der Waals surface area contributed by atoms with Crippen molar-refractivity contribution in [2.45, 2.75) is 0 Å². The SMILES string of the molecule is c1ccc(-c2ccccc2-c2nc(-c3ccc(-c4c5ccccc5cc5c4ccc4ccccc45)cc3)nc(-c3ccc(-c4cccc5sc6ccccc6c45)cc3)n2)cc1. The minimum Gasteiger partial charge on any atom is -0.208 e. The Morgan fingerprint density at radius 2 is 0.820 bits per heavy atom. The van der Waals surface area contributed by atoms with E-state index in [1.807, 2.05) is 17.4 Å². The molecule has 2 heterocycles. The number of thiophene rings is 1. The Bertz CT molecular complexity index is 3630. The third-order valence-electron chi connectivity index (χ3n) is 11.9. The van der Waals surface area contributed by atoms with E-state index in [0.717, 1.165) is 38.9 Å². The zero-order chi connectivity index (χ0) is 40.3. The Labute approximate surface area is 356 Å². The van der Waals surface area contributed by atoms with Gasteiger partial charge >= 0.3 is 0 Å². The molecule has 284 valence electrons. The second kappa shape index (κ2) is 14.5. The molecule has 0 N–H and O–H groups in total. The summed E-state index contributed by atoms with van der Waals surface area (Å²) in [6.07, 6.45) is 0. The fourth-order valence-electron chi connectivity index (χ4n) is 9.03. The van der Waals surface area contributed by atoms with Crippen LogP contribution >= 0.6 is 11.3 Å². The second-order valence-electron chi connectivity index (χ2n) is 15.5. The molecule has 0 aliphatic heterocycles. The summed E-state index contributed by atoms with van der Waals surface area (Å²) in [5.74, 6) is 1.89. The van der Waals surface area contributed by atoms with Crippen LogP contribution < -0.4 is 0 Å². The molecule has 0 fully saturated rings. The lowest BCUT2D eigenvalue weighted by molar-refractivity contribution is 1.07. The van der Waals surface area contributed by atoms with E-state index >= 15 is 0 Å². The van der Waals surface area contributed by atoms with Gasteiger partial charge in [0.05, 0.1) is 0 Å². The molecule has 0 amide bonds. The maximum atomic E-state index is 5.22. The molecule has 0 aliphatic rings. The predicted octanol–water partition coefficient (Wildman–Crippen LogP) is 15.7. The Balaban J connectivity index is 1.000. The normalized spacial score (nSPS) is 11.6. The summed E-state index contributed by atoms with van der Waals surface area (Å²) in [5.41, 5.74) is 9.75. The molecule has 0 saturated heterocycles. The highest BCUT2D eigenvalue weighted by molar-refractivity contribution is 7.25. The van der Waals surface area contributed by atoms with Gasteiger partial charge in [0.15, 0.2) is 17.5 Å². The zero-order valence-electron chi connectivity index (χ0n) is 33.0. The minimum atomic E-state index is 0.627. The van der Waals surface area contributed by atoms with Crippen molar-refractivity contribution in [1.82, 2.24) is 15.0 Å². The van der Waals surface area contributed by atoms with E-state index in [-0.39, 0.29) is 0 Å². The average Bonchev–Trinajstić information content (AvgIpc) is 3.73. The summed E-state index contributed by atoms with van der Waals surface area (Å²) >= 11 is 1.84. The summed E-state index contributed by atoms with van der Waals surface area (Å²) in [6.45, 7) is 0. The predicted molar refractivity (Wildman–Crippen MR) is 258 cm³/mol. The van der Waals surface area contributed by atoms with Gasteiger partial charge in [-0.2, -0.15) is 0 Å². The fourth-order valence-corrected chi connectivity index (χ4v) is 10.2. The smallest absolute Gasteiger partial charge is 0.164 e. The topological polar surface area (TPSA) is 38.7 Å². The Morgan fingerprint density at radius 1 is 0.279 bits per heavy atom. The molecule has 3 nitrogen and oxygen atoms in total. The summed E-state index contributed by atoms with van der Waals surface area (Å²) in [5, 5.41) is 10.0. The van der Waals surface area contributed by atoms with Gasteiger partial charge in [-0.3, -0.25) is 0 Å². The molecular weight excluding hydrogens is 759 g/mol. The third kappa shape index (κ3) is 6.07. The van der Waals surface area contributed by atoms with E-state index in [0.29, 0.717) is 17.5 Å². The van der Waals surface area contributed by atoms with Gasteiger partial charge in [0.25, 0.3) is 0 Å². The van der Waals surface area contributed by atoms with Crippen molar-refractivity contribution in [2.75, 3.05) is 0 Å². The van der Waals surface area contributed by atoms with Crippen molar-refractivity contribution >= 4 is 63.8 Å². The number of aromatic nitrogens is 3. The molecule has 2 aromatic heterocycles. The first-order valence-corrected chi connectivity index (χ1v) is 21.4. The van der Waals surface area contributed by atoms with Gasteiger partial charge in [-0.25, -0.2) is 15.0 Å². The van der Waals surface area contributed by atoms with Crippen LogP contribution in [-0.4, -0.2) is 15.0 Å². The highest BCUT2D eigenvalue weighted by Crippen LogP contribution is 2.42. The monoisotopic (exact) mass is 793 g/mol. The molecule has 10 aromatic carbocycles. The van der Waals surface area contributed by atoms with E-state index in [9.17, 15) is 0 Å². The van der Waals surface area contributed by atoms with Gasteiger partial charge < -0.3 is 0 Å². The average molecular weight is 794 g/mol. The molecule has 0 unspecified atom stereocenters. The molecule has 12 aromatic rings. The van der Waals surface area contributed by atoms with Crippen LogP contribution in [0.4, 0.5) is 0 Å². The van der Waals surface area contributed by atoms with Crippen LogP contribution in [0.25, 0.3) is 120 Å². The standard InChI is InChI=1S/C57H35N3S/c1-2-13-36(14-3-1)43-17-8-9-20-48(43)57-59-55(40-29-25-38(26-30-40)45-22-12-24-52-54(45)49-21-10-11-23-51(49)61-52)58-56(60-57)41-31-27-39(28-32-41)53-46-19-7-5-16-42(46)35-50-44-18-6-4-15-37(44)33-34-47(50)53/h1-35H. The van der Waals surface area contributed by atoms with E-state index in [4.69, 9.17) is 15.0 Å². The number of fused-ring (bicyclic) bond motifs is 7. The Hall–Kier alpha value is -7.79. The van der Waals surface area contributed by atoms with E-state index < -0.39 is 0 Å². The molecule has 4 heteroatoms. The van der Waals surface area contributed by atoms with Gasteiger partial charge in [-0.1, -0.05) is 194 Å². The number of hydrogen-bond donors (Lipinski definition) is 0. The van der Waals surface area contributed by atoms with Crippen LogP contribution in [0.5, 0.6) is 0 Å². The van der Waals surface area contributed by atoms with Crippen LogP contribution in [0.3, 0.4) is 0 Å².